The van der Waals surface area contributed by atoms with Crippen LogP contribution in [0.5, 0.6) is 5.88 Å². The molecule has 3 heterocycles. The monoisotopic (exact) mass is 445 g/mol. The van der Waals surface area contributed by atoms with Gasteiger partial charge in [0.05, 0.1) is 23.4 Å². The Hall–Kier alpha value is -3.45. The zero-order valence-electron chi connectivity index (χ0n) is 19.0. The molecular formula is C26H27N3O4. The molecule has 3 aromatic rings. The van der Waals surface area contributed by atoms with Crippen LogP contribution in [-0.2, 0) is 16.2 Å². The van der Waals surface area contributed by atoms with Gasteiger partial charge in [0, 0.05) is 17.5 Å². The largest absolute Gasteiger partial charge is 0.494 e. The first-order valence-electron chi connectivity index (χ1n) is 11.2. The molecule has 2 aromatic carbocycles. The number of carbonyl (C=O) groups is 2. The summed E-state index contributed by atoms with van der Waals surface area (Å²) in [5.74, 6) is -0.468. The Bertz CT molecular complexity index is 1300. The van der Waals surface area contributed by atoms with E-state index in [0.717, 1.165) is 23.9 Å². The average Bonchev–Trinajstić information content (AvgIpc) is 3.43. The number of fused-ring (bicyclic) bond motifs is 2. The van der Waals surface area contributed by atoms with Gasteiger partial charge < -0.3 is 9.84 Å². The van der Waals surface area contributed by atoms with Gasteiger partial charge >= 0.3 is 5.97 Å². The Morgan fingerprint density at radius 2 is 1.88 bits per heavy atom. The van der Waals surface area contributed by atoms with Crippen molar-refractivity contribution in [1.82, 2.24) is 9.47 Å². The van der Waals surface area contributed by atoms with E-state index >= 15 is 0 Å². The molecule has 0 aliphatic carbocycles. The summed E-state index contributed by atoms with van der Waals surface area (Å²) in [6.45, 7) is 6.61. The third-order valence-corrected chi connectivity index (χ3v) is 6.14. The van der Waals surface area contributed by atoms with Crippen LogP contribution in [-0.4, -0.2) is 50.2 Å². The van der Waals surface area contributed by atoms with Crippen LogP contribution in [0.3, 0.4) is 0 Å². The highest BCUT2D eigenvalue weighted by Gasteiger charge is 2.36. The summed E-state index contributed by atoms with van der Waals surface area (Å²) in [6.07, 6.45) is 1.58. The number of aromatic hydroxyl groups is 1. The number of hydrogen-bond acceptors (Lipinski definition) is 6. The minimum Gasteiger partial charge on any atom is -0.494 e. The summed E-state index contributed by atoms with van der Waals surface area (Å²) in [4.78, 5) is 32.5. The number of Topliss-reactive ketones (excluding diaryl/α,β-unsaturated/α-hetero) is 1. The summed E-state index contributed by atoms with van der Waals surface area (Å²) < 4.78 is 7.38. The second-order valence-corrected chi connectivity index (χ2v) is 9.60. The molecule has 1 saturated heterocycles. The van der Waals surface area contributed by atoms with Crippen molar-refractivity contribution >= 4 is 34.1 Å². The van der Waals surface area contributed by atoms with Gasteiger partial charge in [-0.2, -0.15) is 0 Å². The van der Waals surface area contributed by atoms with E-state index in [0.29, 0.717) is 29.9 Å². The first kappa shape index (κ1) is 21.4. The van der Waals surface area contributed by atoms with E-state index in [1.807, 2.05) is 62.1 Å². The number of ketones is 1. The lowest BCUT2D eigenvalue weighted by Gasteiger charge is -2.28. The van der Waals surface area contributed by atoms with Gasteiger partial charge in [-0.15, -0.1) is 0 Å². The number of aromatic nitrogens is 1. The van der Waals surface area contributed by atoms with Gasteiger partial charge in [0.15, 0.2) is 0 Å². The van der Waals surface area contributed by atoms with Crippen molar-refractivity contribution in [1.29, 1.82) is 0 Å². The minimum absolute atomic E-state index is 0.0223. The highest BCUT2D eigenvalue weighted by molar-refractivity contribution is 6.56. The van der Waals surface area contributed by atoms with Gasteiger partial charge in [0.1, 0.15) is 17.4 Å². The molecule has 2 aliphatic rings. The van der Waals surface area contributed by atoms with Crippen LogP contribution < -0.4 is 0 Å². The number of carbonyl (C=O) groups excluding carboxylic acids is 2. The maximum absolute atomic E-state index is 13.1. The molecule has 170 valence electrons. The molecule has 1 atom stereocenters. The van der Waals surface area contributed by atoms with E-state index in [1.165, 1.54) is 0 Å². The molecule has 0 saturated carbocycles. The van der Waals surface area contributed by atoms with E-state index in [4.69, 9.17) is 4.74 Å². The van der Waals surface area contributed by atoms with Crippen molar-refractivity contribution in [2.45, 2.75) is 51.9 Å². The molecule has 33 heavy (non-hydrogen) atoms. The fraction of sp³-hybridized carbons (Fsp3) is 0.346. The van der Waals surface area contributed by atoms with Gasteiger partial charge in [-0.1, -0.05) is 30.3 Å². The van der Waals surface area contributed by atoms with E-state index in [1.54, 1.807) is 16.7 Å². The van der Waals surface area contributed by atoms with Crippen LogP contribution in [0, 0.1) is 0 Å². The Balaban J connectivity index is 1.53. The van der Waals surface area contributed by atoms with E-state index < -0.39 is 5.60 Å². The fourth-order valence-corrected chi connectivity index (χ4v) is 4.71. The molecule has 2 aliphatic heterocycles. The van der Waals surface area contributed by atoms with Crippen molar-refractivity contribution < 1.29 is 19.4 Å². The van der Waals surface area contributed by atoms with E-state index in [2.05, 4.69) is 4.99 Å². The standard InChI is InChI=1S/C26H27N3O4/c1-26(2,3)33-25(32)20-13-8-14-28(20)15-29-19-12-7-5-10-17(19)21(24(29)31)22-23(30)16-9-4-6-11-18(16)27-22/h4-7,9-12,20,31H,8,13-15H2,1-3H3/t20-/m0/s1. The van der Waals surface area contributed by atoms with E-state index in [9.17, 15) is 14.7 Å². The topological polar surface area (TPSA) is 84.1 Å². The molecule has 1 aromatic heterocycles. The summed E-state index contributed by atoms with van der Waals surface area (Å²) in [7, 11) is 0. The predicted octanol–water partition coefficient (Wildman–Crippen LogP) is 4.43. The molecule has 0 spiro atoms. The number of rotatable bonds is 4. The molecular weight excluding hydrogens is 418 g/mol. The van der Waals surface area contributed by atoms with Crippen LogP contribution in [0.2, 0.25) is 0 Å². The normalized spacial score (nSPS) is 18.6. The van der Waals surface area contributed by atoms with Gasteiger partial charge in [0.25, 0.3) is 0 Å². The second-order valence-electron chi connectivity index (χ2n) is 9.60. The van der Waals surface area contributed by atoms with Crippen LogP contribution in [0.4, 0.5) is 5.69 Å². The lowest BCUT2D eigenvalue weighted by atomic mass is 10.0. The Kier molecular flexibility index (Phi) is 5.09. The fourth-order valence-electron chi connectivity index (χ4n) is 4.71. The molecule has 7 heteroatoms. The lowest BCUT2D eigenvalue weighted by molar-refractivity contribution is -0.160. The number of nitrogens with zero attached hydrogens (tertiary/aromatic N) is 3. The maximum Gasteiger partial charge on any atom is 0.323 e. The molecule has 0 radical (unpaired) electrons. The maximum atomic E-state index is 13.1. The number of para-hydroxylation sites is 2. The molecule has 5 rings (SSSR count). The summed E-state index contributed by atoms with van der Waals surface area (Å²) in [5.41, 5.74) is 2.04. The summed E-state index contributed by atoms with van der Waals surface area (Å²) in [5, 5.41) is 12.1. The number of esters is 1. The first-order chi connectivity index (χ1) is 15.7. The Labute approximate surface area is 192 Å². The zero-order chi connectivity index (χ0) is 23.3. The molecule has 0 amide bonds. The molecule has 0 unspecified atom stereocenters. The second kappa shape index (κ2) is 7.85. The van der Waals surface area contributed by atoms with Crippen molar-refractivity contribution in [3.05, 3.63) is 59.7 Å². The molecule has 1 fully saturated rings. The van der Waals surface area contributed by atoms with Crippen molar-refractivity contribution in [3.8, 4) is 5.88 Å². The van der Waals surface area contributed by atoms with E-state index in [-0.39, 0.29) is 29.4 Å². The van der Waals surface area contributed by atoms with Crippen LogP contribution >= 0.6 is 0 Å². The summed E-state index contributed by atoms with van der Waals surface area (Å²) in [6, 6.07) is 14.4. The Morgan fingerprint density at radius 3 is 2.64 bits per heavy atom. The predicted molar refractivity (Wildman–Crippen MR) is 126 cm³/mol. The quantitative estimate of drug-likeness (QED) is 0.601. The molecule has 1 N–H and O–H groups in total. The average molecular weight is 446 g/mol. The lowest BCUT2D eigenvalue weighted by Crippen LogP contribution is -2.41. The van der Waals surface area contributed by atoms with Crippen LogP contribution in [0.15, 0.2) is 53.5 Å². The zero-order valence-corrected chi connectivity index (χ0v) is 19.0. The number of hydrogen-bond donors (Lipinski definition) is 1. The van der Waals surface area contributed by atoms with Crippen LogP contribution in [0.1, 0.15) is 49.5 Å². The molecule has 7 nitrogen and oxygen atoms in total. The minimum atomic E-state index is -0.559. The third-order valence-electron chi connectivity index (χ3n) is 6.14. The smallest absolute Gasteiger partial charge is 0.323 e. The number of aliphatic imine (C=N–C) groups is 1. The SMILES string of the molecule is CC(C)(C)OC(=O)[C@@H]1CCCN1Cn1c(O)c(C2=Nc3ccccc3C2=O)c2ccccc21. The van der Waals surface area contributed by atoms with Gasteiger partial charge in [0.2, 0.25) is 11.7 Å². The first-order valence-corrected chi connectivity index (χ1v) is 11.2. The van der Waals surface area contributed by atoms with Gasteiger partial charge in [-0.25, -0.2) is 4.99 Å². The number of likely N-dealkylation sites (tertiary alicyclic amines) is 1. The summed E-state index contributed by atoms with van der Waals surface area (Å²) >= 11 is 0. The van der Waals surface area contributed by atoms with Crippen molar-refractivity contribution in [2.24, 2.45) is 4.99 Å². The number of benzene rings is 2. The van der Waals surface area contributed by atoms with Gasteiger partial charge in [-0.3, -0.25) is 19.1 Å². The number of ether oxygens (including phenoxy) is 1. The highest BCUT2D eigenvalue weighted by Crippen LogP contribution is 2.38. The van der Waals surface area contributed by atoms with Crippen molar-refractivity contribution in [3.63, 3.8) is 0 Å². The van der Waals surface area contributed by atoms with Crippen molar-refractivity contribution in [2.75, 3.05) is 6.54 Å². The van der Waals surface area contributed by atoms with Crippen LogP contribution in [0.25, 0.3) is 10.9 Å². The molecule has 0 bridgehead atoms. The van der Waals surface area contributed by atoms with Gasteiger partial charge in [-0.05, 0) is 51.8 Å². The Morgan fingerprint density at radius 1 is 1.15 bits per heavy atom. The highest BCUT2D eigenvalue weighted by atomic mass is 16.6. The third kappa shape index (κ3) is 3.72.